The summed E-state index contributed by atoms with van der Waals surface area (Å²) in [5, 5.41) is 0.584. The third kappa shape index (κ3) is 4.12. The van der Waals surface area contributed by atoms with Crippen LogP contribution in [0.25, 0.3) is 10.9 Å². The Bertz CT molecular complexity index is 1010. The van der Waals surface area contributed by atoms with Crippen molar-refractivity contribution in [1.29, 1.82) is 0 Å². The Kier molecular flexibility index (Phi) is 6.21. The van der Waals surface area contributed by atoms with Gasteiger partial charge in [-0.3, -0.25) is 14.2 Å². The van der Waals surface area contributed by atoms with Crippen molar-refractivity contribution >= 4 is 16.8 Å². The van der Waals surface area contributed by atoms with Crippen molar-refractivity contribution in [3.63, 3.8) is 0 Å². The predicted octanol–water partition coefficient (Wildman–Crippen LogP) is 3.15. The van der Waals surface area contributed by atoms with Crippen LogP contribution in [0.1, 0.15) is 31.3 Å². The van der Waals surface area contributed by atoms with E-state index in [1.54, 1.807) is 22.6 Å². The summed E-state index contributed by atoms with van der Waals surface area (Å²) in [7, 11) is 1.71. The summed E-state index contributed by atoms with van der Waals surface area (Å²) in [6, 6.07) is 16.6. The van der Waals surface area contributed by atoms with Gasteiger partial charge in [-0.05, 0) is 31.5 Å². The molecule has 0 aliphatic rings. The van der Waals surface area contributed by atoms with Crippen LogP contribution in [0, 0.1) is 0 Å². The quantitative estimate of drug-likeness (QED) is 0.633. The van der Waals surface area contributed by atoms with Gasteiger partial charge in [-0.25, -0.2) is 4.98 Å². The minimum absolute atomic E-state index is 0.0281. The number of carbonyl (C=O) groups excluding carboxylic acids is 1. The summed E-state index contributed by atoms with van der Waals surface area (Å²) in [5.41, 5.74) is 1.57. The van der Waals surface area contributed by atoms with Crippen LogP contribution in [0.2, 0.25) is 0 Å². The number of amides is 1. The molecule has 0 radical (unpaired) electrons. The summed E-state index contributed by atoms with van der Waals surface area (Å²) in [5.74, 6) is 0.415. The number of hydrogen-bond donors (Lipinski definition) is 0. The van der Waals surface area contributed by atoms with E-state index >= 15 is 0 Å². The van der Waals surface area contributed by atoms with E-state index in [4.69, 9.17) is 4.74 Å². The molecule has 2 aromatic carbocycles. The van der Waals surface area contributed by atoms with Crippen molar-refractivity contribution in [3.8, 4) is 0 Å². The average molecular weight is 379 g/mol. The maximum atomic E-state index is 12.8. The van der Waals surface area contributed by atoms with Crippen molar-refractivity contribution in [3.05, 3.63) is 76.3 Å². The molecule has 0 N–H and O–H groups in total. The molecule has 0 saturated carbocycles. The van der Waals surface area contributed by atoms with Crippen LogP contribution in [0.3, 0.4) is 0 Å². The van der Waals surface area contributed by atoms with Gasteiger partial charge in [0.1, 0.15) is 12.4 Å². The van der Waals surface area contributed by atoms with Gasteiger partial charge in [-0.2, -0.15) is 0 Å². The average Bonchev–Trinajstić information content (AvgIpc) is 2.73. The Hall–Kier alpha value is -2.99. The lowest BCUT2D eigenvalue weighted by Crippen LogP contribution is -2.36. The highest BCUT2D eigenvalue weighted by molar-refractivity contribution is 5.78. The molecule has 1 unspecified atom stereocenters. The van der Waals surface area contributed by atoms with E-state index in [2.05, 4.69) is 4.98 Å². The first-order valence-corrected chi connectivity index (χ1v) is 9.39. The van der Waals surface area contributed by atoms with Crippen LogP contribution in [0.5, 0.6) is 0 Å². The van der Waals surface area contributed by atoms with Crippen LogP contribution in [-0.2, 0) is 22.7 Å². The molecule has 3 aromatic rings. The second kappa shape index (κ2) is 8.80. The van der Waals surface area contributed by atoms with Crippen LogP contribution in [-0.4, -0.2) is 34.0 Å². The maximum absolute atomic E-state index is 12.8. The van der Waals surface area contributed by atoms with Gasteiger partial charge in [0.15, 0.2) is 0 Å². The van der Waals surface area contributed by atoms with Crippen molar-refractivity contribution in [1.82, 2.24) is 14.5 Å². The molecule has 0 bridgehead atoms. The summed E-state index contributed by atoms with van der Waals surface area (Å²) in [4.78, 5) is 31.6. The molecule has 1 heterocycles. The Morgan fingerprint density at radius 1 is 1.14 bits per heavy atom. The number of likely N-dealkylation sites (N-methyl/N-ethyl adjacent to an activating group) is 1. The molecule has 0 fully saturated rings. The molecule has 0 aliphatic carbocycles. The number of hydrogen-bond acceptors (Lipinski definition) is 4. The summed E-state index contributed by atoms with van der Waals surface area (Å²) in [6.07, 6.45) is 0. The molecule has 146 valence electrons. The van der Waals surface area contributed by atoms with Crippen LogP contribution in [0.4, 0.5) is 0 Å². The van der Waals surface area contributed by atoms with E-state index in [1.165, 1.54) is 0 Å². The van der Waals surface area contributed by atoms with E-state index in [9.17, 15) is 9.59 Å². The second-order valence-electron chi connectivity index (χ2n) is 6.70. The third-order valence-electron chi connectivity index (χ3n) is 4.89. The molecule has 1 atom stereocenters. The number of fused-ring (bicyclic) bond motifs is 1. The van der Waals surface area contributed by atoms with Gasteiger partial charge in [-0.15, -0.1) is 0 Å². The van der Waals surface area contributed by atoms with Crippen LogP contribution in [0.15, 0.2) is 59.4 Å². The van der Waals surface area contributed by atoms with E-state index in [1.807, 2.05) is 62.4 Å². The molecule has 0 saturated heterocycles. The molecule has 6 heteroatoms. The predicted molar refractivity (Wildman–Crippen MR) is 109 cm³/mol. The number of rotatable bonds is 7. The Morgan fingerprint density at radius 3 is 2.54 bits per heavy atom. The number of ether oxygens (including phenoxy) is 1. The fourth-order valence-electron chi connectivity index (χ4n) is 3.13. The van der Waals surface area contributed by atoms with Crippen molar-refractivity contribution in [2.24, 2.45) is 0 Å². The minimum atomic E-state index is -0.356. The Morgan fingerprint density at radius 2 is 1.82 bits per heavy atom. The van der Waals surface area contributed by atoms with Gasteiger partial charge < -0.3 is 9.64 Å². The van der Waals surface area contributed by atoms with Gasteiger partial charge in [0, 0.05) is 13.6 Å². The zero-order valence-electron chi connectivity index (χ0n) is 16.5. The molecule has 3 rings (SSSR count). The fraction of sp³-hybridized carbons (Fsp3) is 0.318. The van der Waals surface area contributed by atoms with Crippen LogP contribution >= 0.6 is 0 Å². The summed E-state index contributed by atoms with van der Waals surface area (Å²) in [6.45, 7) is 4.61. The van der Waals surface area contributed by atoms with Gasteiger partial charge in [0.05, 0.1) is 23.6 Å². The third-order valence-corrected chi connectivity index (χ3v) is 4.89. The zero-order valence-corrected chi connectivity index (χ0v) is 16.5. The Labute approximate surface area is 164 Å². The largest absolute Gasteiger partial charge is 0.367 e. The molecule has 0 aliphatic heterocycles. The van der Waals surface area contributed by atoms with E-state index < -0.39 is 0 Å². The van der Waals surface area contributed by atoms with E-state index in [-0.39, 0.29) is 24.1 Å². The summed E-state index contributed by atoms with van der Waals surface area (Å²) < 4.78 is 7.19. The lowest BCUT2D eigenvalue weighted by molar-refractivity contribution is -0.137. The zero-order chi connectivity index (χ0) is 20.1. The van der Waals surface area contributed by atoms with E-state index in [0.29, 0.717) is 29.9 Å². The number of aromatic nitrogens is 2. The number of carbonyl (C=O) groups is 1. The normalized spacial score (nSPS) is 12.1. The topological polar surface area (TPSA) is 64.4 Å². The van der Waals surface area contributed by atoms with Gasteiger partial charge in [-0.1, -0.05) is 42.5 Å². The highest BCUT2D eigenvalue weighted by Crippen LogP contribution is 2.19. The minimum Gasteiger partial charge on any atom is -0.367 e. The molecule has 1 amide bonds. The highest BCUT2D eigenvalue weighted by Gasteiger charge is 2.22. The van der Waals surface area contributed by atoms with Gasteiger partial charge >= 0.3 is 0 Å². The van der Waals surface area contributed by atoms with Crippen molar-refractivity contribution in [2.45, 2.75) is 33.0 Å². The number of nitrogens with zero attached hydrogens (tertiary/aromatic N) is 3. The summed E-state index contributed by atoms with van der Waals surface area (Å²) >= 11 is 0. The molecule has 1 aromatic heterocycles. The van der Waals surface area contributed by atoms with Gasteiger partial charge in [0.25, 0.3) is 5.56 Å². The Balaban J connectivity index is 1.76. The fourth-order valence-corrected chi connectivity index (χ4v) is 3.13. The second-order valence-corrected chi connectivity index (χ2v) is 6.70. The highest BCUT2D eigenvalue weighted by atomic mass is 16.5. The van der Waals surface area contributed by atoms with Crippen molar-refractivity contribution in [2.75, 3.05) is 13.7 Å². The van der Waals surface area contributed by atoms with Crippen molar-refractivity contribution < 1.29 is 9.53 Å². The smallest absolute Gasteiger partial charge is 0.261 e. The lowest BCUT2D eigenvalue weighted by atomic mass is 10.2. The van der Waals surface area contributed by atoms with E-state index in [0.717, 1.165) is 5.56 Å². The SMILES string of the molecule is CCn1c(C(C)N(C)C(=O)COCc2ccccc2)nc2ccccc2c1=O. The number of para-hydroxylation sites is 1. The molecular weight excluding hydrogens is 354 g/mol. The number of benzene rings is 2. The standard InChI is InChI=1S/C22H25N3O3/c1-4-25-21(23-19-13-9-8-12-18(19)22(25)27)16(2)24(3)20(26)15-28-14-17-10-6-5-7-11-17/h5-13,16H,4,14-15H2,1-3H3. The first-order chi connectivity index (χ1) is 13.5. The van der Waals surface area contributed by atoms with Gasteiger partial charge in [0.2, 0.25) is 5.91 Å². The lowest BCUT2D eigenvalue weighted by Gasteiger charge is -2.26. The first kappa shape index (κ1) is 19.8. The van der Waals surface area contributed by atoms with Crippen LogP contribution < -0.4 is 5.56 Å². The molecule has 6 nitrogen and oxygen atoms in total. The maximum Gasteiger partial charge on any atom is 0.261 e. The first-order valence-electron chi connectivity index (χ1n) is 9.39. The molecule has 0 spiro atoms. The molecular formula is C22H25N3O3. The molecule has 28 heavy (non-hydrogen) atoms. The monoisotopic (exact) mass is 379 g/mol.